The van der Waals surface area contributed by atoms with Crippen molar-refractivity contribution < 1.29 is 9.52 Å². The molecule has 0 spiro atoms. The Kier molecular flexibility index (Phi) is 4.92. The molecule has 0 aliphatic rings. The molecule has 0 unspecified atom stereocenters. The molecule has 0 aliphatic carbocycles. The maximum absolute atomic E-state index is 9.85. The summed E-state index contributed by atoms with van der Waals surface area (Å²) in [5.41, 5.74) is -0.791. The second kappa shape index (κ2) is 5.88. The van der Waals surface area contributed by atoms with Crippen LogP contribution >= 0.6 is 0 Å². The van der Waals surface area contributed by atoms with Gasteiger partial charge in [-0.15, -0.1) is 5.10 Å². The molecule has 0 atom stereocenters. The van der Waals surface area contributed by atoms with Crippen molar-refractivity contribution in [1.82, 2.24) is 15.5 Å². The molecule has 0 saturated heterocycles. The number of hydrogen-bond donors (Lipinski definition) is 2. The number of rotatable bonds is 6. The van der Waals surface area contributed by atoms with Crippen LogP contribution < -0.4 is 10.2 Å². The number of nitrogens with zero attached hydrogens (tertiary/aromatic N) is 3. The van der Waals surface area contributed by atoms with Crippen molar-refractivity contribution >= 4 is 6.01 Å². The largest absolute Gasteiger partial charge is 0.407 e. The fourth-order valence-corrected chi connectivity index (χ4v) is 1.57. The average Bonchev–Trinajstić information content (AvgIpc) is 2.69. The quantitative estimate of drug-likeness (QED) is 0.817. The molecule has 0 bridgehead atoms. The average molecular weight is 270 g/mol. The minimum absolute atomic E-state index is 0.00612. The Morgan fingerprint density at radius 1 is 1.21 bits per heavy atom. The molecule has 1 aromatic heterocycles. The molecule has 1 rings (SSSR count). The standard InChI is InChI=1S/C13H26N4O2/c1-7-17(9-13(5,6)18)11-16-15-10(19-11)8-14-12(2,3)4/h14,18H,7-9H2,1-6H3. The lowest BCUT2D eigenvalue weighted by Crippen LogP contribution is -2.38. The van der Waals surface area contributed by atoms with Crippen molar-refractivity contribution in [1.29, 1.82) is 0 Å². The SMILES string of the molecule is CCN(CC(C)(C)O)c1nnc(CNC(C)(C)C)o1. The van der Waals surface area contributed by atoms with Crippen LogP contribution in [-0.4, -0.2) is 39.5 Å². The molecule has 0 saturated carbocycles. The molecule has 1 heterocycles. The van der Waals surface area contributed by atoms with E-state index in [2.05, 4.69) is 36.3 Å². The molecular weight excluding hydrogens is 244 g/mol. The van der Waals surface area contributed by atoms with Gasteiger partial charge < -0.3 is 19.7 Å². The molecule has 6 heteroatoms. The van der Waals surface area contributed by atoms with E-state index in [0.29, 0.717) is 31.5 Å². The van der Waals surface area contributed by atoms with Crippen LogP contribution in [0.5, 0.6) is 0 Å². The van der Waals surface area contributed by atoms with E-state index in [-0.39, 0.29) is 5.54 Å². The van der Waals surface area contributed by atoms with Crippen molar-refractivity contribution in [2.24, 2.45) is 0 Å². The Bertz CT molecular complexity index is 390. The van der Waals surface area contributed by atoms with Gasteiger partial charge in [0.1, 0.15) is 0 Å². The van der Waals surface area contributed by atoms with Crippen LogP contribution in [-0.2, 0) is 6.54 Å². The lowest BCUT2D eigenvalue weighted by Gasteiger charge is -2.26. The van der Waals surface area contributed by atoms with E-state index >= 15 is 0 Å². The number of anilines is 1. The van der Waals surface area contributed by atoms with Gasteiger partial charge in [-0.25, -0.2) is 0 Å². The van der Waals surface area contributed by atoms with Crippen LogP contribution in [0.25, 0.3) is 0 Å². The second-order valence-corrected chi connectivity index (χ2v) is 6.41. The van der Waals surface area contributed by atoms with Crippen molar-refractivity contribution in [3.05, 3.63) is 5.89 Å². The van der Waals surface area contributed by atoms with Gasteiger partial charge in [0.2, 0.25) is 5.89 Å². The van der Waals surface area contributed by atoms with Gasteiger partial charge in [-0.1, -0.05) is 5.10 Å². The molecule has 0 aliphatic heterocycles. The minimum atomic E-state index is -0.797. The number of hydrogen-bond acceptors (Lipinski definition) is 6. The molecule has 0 amide bonds. The summed E-state index contributed by atoms with van der Waals surface area (Å²) in [5, 5.41) is 21.2. The highest BCUT2D eigenvalue weighted by Crippen LogP contribution is 2.16. The molecular formula is C13H26N4O2. The normalized spacial score (nSPS) is 12.8. The minimum Gasteiger partial charge on any atom is -0.407 e. The predicted molar refractivity (Wildman–Crippen MR) is 75.1 cm³/mol. The summed E-state index contributed by atoms with van der Waals surface area (Å²) in [6.07, 6.45) is 0. The van der Waals surface area contributed by atoms with Gasteiger partial charge in [0.05, 0.1) is 18.7 Å². The summed E-state index contributed by atoms with van der Waals surface area (Å²) in [6, 6.07) is 0.454. The van der Waals surface area contributed by atoms with Crippen LogP contribution in [0.1, 0.15) is 47.4 Å². The number of aliphatic hydroxyl groups is 1. The van der Waals surface area contributed by atoms with Crippen LogP contribution in [0.2, 0.25) is 0 Å². The number of nitrogens with one attached hydrogen (secondary N) is 1. The third-order valence-corrected chi connectivity index (χ3v) is 2.46. The second-order valence-electron chi connectivity index (χ2n) is 6.41. The molecule has 0 radical (unpaired) electrons. The Morgan fingerprint density at radius 2 is 1.84 bits per heavy atom. The topological polar surface area (TPSA) is 74.4 Å². The lowest BCUT2D eigenvalue weighted by atomic mass is 10.1. The van der Waals surface area contributed by atoms with Crippen LogP contribution in [0.3, 0.4) is 0 Å². The Labute approximate surface area is 115 Å². The molecule has 2 N–H and O–H groups in total. The highest BCUT2D eigenvalue weighted by atomic mass is 16.4. The Balaban J connectivity index is 2.66. The maximum atomic E-state index is 9.85. The maximum Gasteiger partial charge on any atom is 0.318 e. The first-order chi connectivity index (χ1) is 8.61. The molecule has 19 heavy (non-hydrogen) atoms. The zero-order valence-electron chi connectivity index (χ0n) is 12.8. The zero-order valence-corrected chi connectivity index (χ0v) is 12.8. The molecule has 0 aromatic carbocycles. The van der Waals surface area contributed by atoms with E-state index in [1.54, 1.807) is 13.8 Å². The molecule has 110 valence electrons. The van der Waals surface area contributed by atoms with E-state index in [1.807, 2.05) is 11.8 Å². The van der Waals surface area contributed by atoms with Crippen LogP contribution in [0.4, 0.5) is 6.01 Å². The predicted octanol–water partition coefficient (Wildman–Crippen LogP) is 1.55. The molecule has 6 nitrogen and oxygen atoms in total. The monoisotopic (exact) mass is 270 g/mol. The summed E-state index contributed by atoms with van der Waals surface area (Å²) < 4.78 is 5.61. The van der Waals surface area contributed by atoms with Crippen molar-refractivity contribution in [2.45, 2.75) is 59.2 Å². The van der Waals surface area contributed by atoms with Gasteiger partial charge in [0, 0.05) is 12.1 Å². The van der Waals surface area contributed by atoms with Gasteiger partial charge in [-0.2, -0.15) is 0 Å². The first-order valence-electron chi connectivity index (χ1n) is 6.65. The highest BCUT2D eigenvalue weighted by molar-refractivity contribution is 5.24. The van der Waals surface area contributed by atoms with Gasteiger partial charge in [-0.05, 0) is 41.5 Å². The summed E-state index contributed by atoms with van der Waals surface area (Å²) in [7, 11) is 0. The summed E-state index contributed by atoms with van der Waals surface area (Å²) in [6.45, 7) is 13.4. The smallest absolute Gasteiger partial charge is 0.318 e. The van der Waals surface area contributed by atoms with E-state index < -0.39 is 5.60 Å². The van der Waals surface area contributed by atoms with Gasteiger partial charge in [-0.3, -0.25) is 0 Å². The fraction of sp³-hybridized carbons (Fsp3) is 0.846. The number of aromatic nitrogens is 2. The summed E-state index contributed by atoms with van der Waals surface area (Å²) in [5.74, 6) is 0.555. The van der Waals surface area contributed by atoms with Gasteiger partial charge in [0.15, 0.2) is 0 Å². The third kappa shape index (κ3) is 6.02. The third-order valence-electron chi connectivity index (χ3n) is 2.46. The van der Waals surface area contributed by atoms with Crippen molar-refractivity contribution in [2.75, 3.05) is 18.0 Å². The lowest BCUT2D eigenvalue weighted by molar-refractivity contribution is 0.0863. The van der Waals surface area contributed by atoms with E-state index in [4.69, 9.17) is 4.42 Å². The Morgan fingerprint density at radius 3 is 2.32 bits per heavy atom. The van der Waals surface area contributed by atoms with E-state index in [0.717, 1.165) is 0 Å². The summed E-state index contributed by atoms with van der Waals surface area (Å²) in [4.78, 5) is 1.87. The van der Waals surface area contributed by atoms with Crippen molar-refractivity contribution in [3.8, 4) is 0 Å². The first-order valence-corrected chi connectivity index (χ1v) is 6.65. The fourth-order valence-electron chi connectivity index (χ4n) is 1.57. The van der Waals surface area contributed by atoms with Crippen molar-refractivity contribution in [3.63, 3.8) is 0 Å². The Hall–Kier alpha value is -1.14. The first kappa shape index (κ1) is 15.9. The molecule has 1 aromatic rings. The number of likely N-dealkylation sites (N-methyl/N-ethyl adjacent to an activating group) is 1. The van der Waals surface area contributed by atoms with Gasteiger partial charge in [0.25, 0.3) is 0 Å². The zero-order chi connectivity index (χ0) is 14.7. The van der Waals surface area contributed by atoms with Crippen LogP contribution in [0.15, 0.2) is 4.42 Å². The summed E-state index contributed by atoms with van der Waals surface area (Å²) >= 11 is 0. The van der Waals surface area contributed by atoms with Crippen LogP contribution in [0, 0.1) is 0 Å². The highest BCUT2D eigenvalue weighted by Gasteiger charge is 2.21. The molecule has 0 fully saturated rings. The van der Waals surface area contributed by atoms with E-state index in [9.17, 15) is 5.11 Å². The van der Waals surface area contributed by atoms with Gasteiger partial charge >= 0.3 is 6.01 Å². The van der Waals surface area contributed by atoms with E-state index in [1.165, 1.54) is 0 Å².